The van der Waals surface area contributed by atoms with Crippen LogP contribution in [-0.2, 0) is 41.6 Å². The summed E-state index contributed by atoms with van der Waals surface area (Å²) >= 11 is 0. The van der Waals surface area contributed by atoms with Crippen LogP contribution in [0.4, 0.5) is 13.2 Å². The summed E-state index contributed by atoms with van der Waals surface area (Å²) in [6.07, 6.45) is -0.552. The number of hydrogen-bond acceptors (Lipinski definition) is 4. The number of hydrogen-bond donors (Lipinski definition) is 2. The molecule has 218 valence electrons. The molecule has 1 aromatic carbocycles. The normalized spacial score (nSPS) is 19.1. The second-order valence-corrected chi connectivity index (χ2v) is 11.2. The maximum atomic E-state index is 13.2. The Hall–Kier alpha value is -3.37. The van der Waals surface area contributed by atoms with Crippen LogP contribution in [0, 0.1) is 5.92 Å². The summed E-state index contributed by atoms with van der Waals surface area (Å²) in [5.41, 5.74) is 1.83. The smallest absolute Gasteiger partial charge is 0.353 e. The van der Waals surface area contributed by atoms with Crippen LogP contribution in [0.15, 0.2) is 24.3 Å². The summed E-state index contributed by atoms with van der Waals surface area (Å²) in [6.45, 7) is 5.95. The highest BCUT2D eigenvalue weighted by Gasteiger charge is 2.31. The van der Waals surface area contributed by atoms with Crippen molar-refractivity contribution >= 4 is 17.7 Å². The number of aromatic nitrogens is 2. The van der Waals surface area contributed by atoms with E-state index in [1.807, 2.05) is 4.68 Å². The largest absolute Gasteiger partial charge is 0.416 e. The fraction of sp³-hybridized carbons (Fsp3) is 0.586. The molecular formula is C29H38F3N5O3. The number of benzene rings is 1. The van der Waals surface area contributed by atoms with Crippen LogP contribution in [0.5, 0.6) is 0 Å². The van der Waals surface area contributed by atoms with Crippen LogP contribution >= 0.6 is 0 Å². The van der Waals surface area contributed by atoms with Crippen molar-refractivity contribution in [1.29, 1.82) is 0 Å². The Bertz CT molecular complexity index is 1220. The zero-order chi connectivity index (χ0) is 28.9. The molecule has 3 amide bonds. The van der Waals surface area contributed by atoms with Crippen molar-refractivity contribution in [3.8, 4) is 0 Å². The summed E-state index contributed by atoms with van der Waals surface area (Å²) in [5, 5.41) is 10.7. The molecule has 0 saturated carbocycles. The molecule has 0 spiro atoms. The molecule has 1 unspecified atom stereocenters. The first-order valence-electron chi connectivity index (χ1n) is 14.1. The summed E-state index contributed by atoms with van der Waals surface area (Å²) in [7, 11) is 0. The minimum atomic E-state index is -4.49. The molecule has 1 aliphatic heterocycles. The lowest BCUT2D eigenvalue weighted by molar-refractivity contribution is -0.138. The van der Waals surface area contributed by atoms with Crippen molar-refractivity contribution in [2.75, 3.05) is 19.6 Å². The minimum Gasteiger partial charge on any atom is -0.353 e. The topological polar surface area (TPSA) is 96.3 Å². The third-order valence-corrected chi connectivity index (χ3v) is 7.53. The second kappa shape index (κ2) is 12.9. The number of carbonyl (C=O) groups excluding carboxylic acids is 3. The van der Waals surface area contributed by atoms with Crippen LogP contribution in [0.2, 0.25) is 0 Å². The van der Waals surface area contributed by atoms with E-state index in [-0.39, 0.29) is 42.2 Å². The monoisotopic (exact) mass is 561 g/mol. The van der Waals surface area contributed by atoms with Gasteiger partial charge in [0.05, 0.1) is 12.0 Å². The molecule has 2 bridgehead atoms. The van der Waals surface area contributed by atoms with E-state index in [0.717, 1.165) is 49.2 Å². The predicted octanol–water partition coefficient (Wildman–Crippen LogP) is 3.91. The molecule has 1 aromatic heterocycles. The van der Waals surface area contributed by atoms with E-state index in [1.54, 1.807) is 4.90 Å². The van der Waals surface area contributed by atoms with Gasteiger partial charge in [-0.15, -0.1) is 0 Å². The van der Waals surface area contributed by atoms with Gasteiger partial charge < -0.3 is 15.5 Å². The maximum Gasteiger partial charge on any atom is 0.416 e. The van der Waals surface area contributed by atoms with E-state index < -0.39 is 11.7 Å². The number of alkyl halides is 3. The molecule has 2 aromatic rings. The first-order chi connectivity index (χ1) is 19.0. The van der Waals surface area contributed by atoms with Gasteiger partial charge in [0.25, 0.3) is 5.91 Å². The SMILES string of the molecule is CC(C)CCn1nc2c3c1CCC(C3)NC(=O)CCCN(C(=O)Cc1cccc(C(F)(F)F)c1)CCCNC2=O. The van der Waals surface area contributed by atoms with Gasteiger partial charge >= 0.3 is 6.18 Å². The van der Waals surface area contributed by atoms with E-state index in [0.29, 0.717) is 50.5 Å². The van der Waals surface area contributed by atoms with Crippen LogP contribution in [-0.4, -0.2) is 58.1 Å². The van der Waals surface area contributed by atoms with Gasteiger partial charge in [-0.25, -0.2) is 0 Å². The van der Waals surface area contributed by atoms with Crippen LogP contribution in [0.3, 0.4) is 0 Å². The number of fused-ring (bicyclic) bond motifs is 1. The van der Waals surface area contributed by atoms with E-state index in [4.69, 9.17) is 0 Å². The number of carbonyl (C=O) groups is 3. The van der Waals surface area contributed by atoms with Crippen molar-refractivity contribution in [2.24, 2.45) is 5.92 Å². The van der Waals surface area contributed by atoms with E-state index in [1.165, 1.54) is 12.1 Å². The van der Waals surface area contributed by atoms with Crippen molar-refractivity contribution in [3.05, 3.63) is 52.3 Å². The van der Waals surface area contributed by atoms with Crippen LogP contribution < -0.4 is 10.6 Å². The molecule has 2 heterocycles. The maximum absolute atomic E-state index is 13.2. The zero-order valence-electron chi connectivity index (χ0n) is 23.1. The molecule has 2 aliphatic rings. The van der Waals surface area contributed by atoms with Gasteiger partial charge in [0, 0.05) is 49.9 Å². The van der Waals surface area contributed by atoms with Gasteiger partial charge in [-0.1, -0.05) is 32.0 Å². The molecule has 1 aliphatic carbocycles. The average Bonchev–Trinajstić information content (AvgIpc) is 3.25. The Kier molecular flexibility index (Phi) is 9.52. The lowest BCUT2D eigenvalue weighted by Gasteiger charge is -2.25. The molecule has 0 radical (unpaired) electrons. The Morgan fingerprint density at radius 1 is 1.15 bits per heavy atom. The minimum absolute atomic E-state index is 0.0990. The predicted molar refractivity (Wildman–Crippen MR) is 144 cm³/mol. The Morgan fingerprint density at radius 3 is 2.67 bits per heavy atom. The van der Waals surface area contributed by atoms with Gasteiger partial charge in [0.2, 0.25) is 11.8 Å². The molecule has 40 heavy (non-hydrogen) atoms. The highest BCUT2D eigenvalue weighted by molar-refractivity contribution is 5.94. The Labute approximate surface area is 232 Å². The summed E-state index contributed by atoms with van der Waals surface area (Å²) in [4.78, 5) is 40.6. The van der Waals surface area contributed by atoms with Gasteiger partial charge in [0.15, 0.2) is 5.69 Å². The number of amides is 3. The fourth-order valence-electron chi connectivity index (χ4n) is 5.35. The lowest BCUT2D eigenvalue weighted by Crippen LogP contribution is -2.40. The highest BCUT2D eigenvalue weighted by Crippen LogP contribution is 2.30. The van der Waals surface area contributed by atoms with Crippen LogP contribution in [0.1, 0.15) is 78.8 Å². The molecule has 1 atom stereocenters. The molecule has 0 saturated heterocycles. The number of nitrogens with zero attached hydrogens (tertiary/aromatic N) is 3. The van der Waals surface area contributed by atoms with Crippen molar-refractivity contribution in [2.45, 2.75) is 84.0 Å². The van der Waals surface area contributed by atoms with Crippen molar-refractivity contribution in [3.63, 3.8) is 0 Å². The number of rotatable bonds is 5. The fourth-order valence-corrected chi connectivity index (χ4v) is 5.35. The van der Waals surface area contributed by atoms with Crippen LogP contribution in [0.25, 0.3) is 0 Å². The van der Waals surface area contributed by atoms with Gasteiger partial charge in [-0.05, 0) is 56.1 Å². The molecule has 0 fully saturated rings. The molecule has 8 nitrogen and oxygen atoms in total. The average molecular weight is 562 g/mol. The Morgan fingerprint density at radius 2 is 1.93 bits per heavy atom. The van der Waals surface area contributed by atoms with Gasteiger partial charge in [-0.2, -0.15) is 18.3 Å². The molecule has 4 rings (SSSR count). The van der Waals surface area contributed by atoms with E-state index in [2.05, 4.69) is 29.6 Å². The third kappa shape index (κ3) is 7.63. The van der Waals surface area contributed by atoms with E-state index in [9.17, 15) is 27.6 Å². The molecule has 11 heteroatoms. The first kappa shape index (κ1) is 29.6. The van der Waals surface area contributed by atoms with Crippen molar-refractivity contribution < 1.29 is 27.6 Å². The number of aryl methyl sites for hydroxylation is 1. The molecule has 2 N–H and O–H groups in total. The van der Waals surface area contributed by atoms with E-state index >= 15 is 0 Å². The number of nitrogens with one attached hydrogen (secondary N) is 2. The van der Waals surface area contributed by atoms with Crippen molar-refractivity contribution in [1.82, 2.24) is 25.3 Å². The standard InChI is InChI=1S/C29H38F3N5O3/c1-19(2)11-15-37-24-10-9-22-18-23(24)27(35-37)28(40)33-12-5-14-36(13-4-8-25(38)34-22)26(39)17-20-6-3-7-21(16-20)29(30,31)32/h3,6-7,16,19,22H,4-5,8-15,17-18H2,1-2H3,(H,33,40)(H,34,38). The summed E-state index contributed by atoms with van der Waals surface area (Å²) in [5.74, 6) is -0.213. The third-order valence-electron chi connectivity index (χ3n) is 7.53. The highest BCUT2D eigenvalue weighted by atomic mass is 19.4. The second-order valence-electron chi connectivity index (χ2n) is 11.2. The first-order valence-corrected chi connectivity index (χ1v) is 14.1. The number of halogens is 3. The quantitative estimate of drug-likeness (QED) is 0.579. The molecular weight excluding hydrogens is 523 g/mol. The Balaban J connectivity index is 1.47. The van der Waals surface area contributed by atoms with Gasteiger partial charge in [-0.3, -0.25) is 19.1 Å². The summed E-state index contributed by atoms with van der Waals surface area (Å²) in [6, 6.07) is 4.67. The zero-order valence-corrected chi connectivity index (χ0v) is 23.1. The summed E-state index contributed by atoms with van der Waals surface area (Å²) < 4.78 is 41.3. The lowest BCUT2D eigenvalue weighted by atomic mass is 9.91. The van der Waals surface area contributed by atoms with Gasteiger partial charge in [0.1, 0.15) is 0 Å².